The summed E-state index contributed by atoms with van der Waals surface area (Å²) in [6.45, 7) is 0.0474. The van der Waals surface area contributed by atoms with Crippen molar-refractivity contribution in [2.45, 2.75) is 12.5 Å². The van der Waals surface area contributed by atoms with Gasteiger partial charge in [-0.2, -0.15) is 0 Å². The maximum Gasteiger partial charge on any atom is 0.246 e. The van der Waals surface area contributed by atoms with Gasteiger partial charge in [0.2, 0.25) is 5.91 Å². The molecule has 2 aromatic rings. The van der Waals surface area contributed by atoms with Gasteiger partial charge in [-0.05, 0) is 30.7 Å². The lowest BCUT2D eigenvalue weighted by atomic mass is 10.1. The Morgan fingerprint density at radius 1 is 1.15 bits per heavy atom. The summed E-state index contributed by atoms with van der Waals surface area (Å²) in [6, 6.07) is 16.2. The predicted octanol–water partition coefficient (Wildman–Crippen LogP) is 2.33. The summed E-state index contributed by atoms with van der Waals surface area (Å²) in [5, 5.41) is 3.09. The standard InChI is InChI=1S/C19H22N2O4S/c1-25-18-10-6-5-9-17(18)20-13-19(22)21(15-7-3-2-4-8-15)16-11-12-26(23,24)14-16/h2-10,16,20H,11-14H2,1H3/t16-/m0/s1. The van der Waals surface area contributed by atoms with Crippen LogP contribution >= 0.6 is 0 Å². The Balaban J connectivity index is 1.79. The normalized spacial score (nSPS) is 18.3. The van der Waals surface area contributed by atoms with Crippen LogP contribution in [-0.4, -0.2) is 45.5 Å². The average Bonchev–Trinajstić information content (AvgIpc) is 3.00. The summed E-state index contributed by atoms with van der Waals surface area (Å²) < 4.78 is 29.1. The van der Waals surface area contributed by atoms with Crippen LogP contribution in [0.3, 0.4) is 0 Å². The fraction of sp³-hybridized carbons (Fsp3) is 0.316. The maximum absolute atomic E-state index is 12.9. The first kappa shape index (κ1) is 18.3. The van der Waals surface area contributed by atoms with Crippen LogP contribution in [0.15, 0.2) is 54.6 Å². The molecule has 7 heteroatoms. The van der Waals surface area contributed by atoms with Gasteiger partial charge in [-0.15, -0.1) is 0 Å². The number of benzene rings is 2. The van der Waals surface area contributed by atoms with Crippen molar-refractivity contribution < 1.29 is 17.9 Å². The van der Waals surface area contributed by atoms with E-state index in [0.717, 1.165) is 5.69 Å². The van der Waals surface area contributed by atoms with Crippen LogP contribution in [0.25, 0.3) is 0 Å². The highest BCUT2D eigenvalue weighted by Gasteiger charge is 2.35. The third kappa shape index (κ3) is 4.16. The van der Waals surface area contributed by atoms with E-state index in [4.69, 9.17) is 4.74 Å². The Bertz CT molecular complexity index is 868. The molecule has 1 aliphatic rings. The molecular weight excluding hydrogens is 352 g/mol. The first-order valence-corrected chi connectivity index (χ1v) is 10.3. The maximum atomic E-state index is 12.9. The number of methoxy groups -OCH3 is 1. The second-order valence-electron chi connectivity index (χ2n) is 6.21. The fourth-order valence-corrected chi connectivity index (χ4v) is 4.87. The summed E-state index contributed by atoms with van der Waals surface area (Å²) in [7, 11) is -1.52. The quantitative estimate of drug-likeness (QED) is 0.840. The third-order valence-corrected chi connectivity index (χ3v) is 6.16. The monoisotopic (exact) mass is 374 g/mol. The molecule has 3 rings (SSSR count). The molecule has 1 amide bonds. The van der Waals surface area contributed by atoms with E-state index in [2.05, 4.69) is 5.32 Å². The van der Waals surface area contributed by atoms with Crippen molar-refractivity contribution in [1.82, 2.24) is 0 Å². The van der Waals surface area contributed by atoms with E-state index < -0.39 is 9.84 Å². The lowest BCUT2D eigenvalue weighted by molar-refractivity contribution is -0.117. The molecule has 1 aliphatic heterocycles. The van der Waals surface area contributed by atoms with Gasteiger partial charge < -0.3 is 15.0 Å². The van der Waals surface area contributed by atoms with E-state index in [0.29, 0.717) is 17.9 Å². The van der Waals surface area contributed by atoms with E-state index in [1.807, 2.05) is 54.6 Å². The van der Waals surface area contributed by atoms with E-state index in [-0.39, 0.29) is 30.0 Å². The van der Waals surface area contributed by atoms with Gasteiger partial charge in [-0.1, -0.05) is 30.3 Å². The zero-order chi connectivity index (χ0) is 18.6. The Labute approximate surface area is 153 Å². The molecule has 1 fully saturated rings. The summed E-state index contributed by atoms with van der Waals surface area (Å²) in [4.78, 5) is 14.5. The molecule has 0 spiro atoms. The van der Waals surface area contributed by atoms with Crippen LogP contribution in [0.1, 0.15) is 6.42 Å². The molecule has 1 heterocycles. The van der Waals surface area contributed by atoms with Crippen LogP contribution in [0.4, 0.5) is 11.4 Å². The Kier molecular flexibility index (Phi) is 5.46. The number of ether oxygens (including phenoxy) is 1. The van der Waals surface area contributed by atoms with Gasteiger partial charge >= 0.3 is 0 Å². The molecule has 0 bridgehead atoms. The van der Waals surface area contributed by atoms with Gasteiger partial charge in [0, 0.05) is 5.69 Å². The highest BCUT2D eigenvalue weighted by Crippen LogP contribution is 2.26. The molecule has 0 aliphatic carbocycles. The first-order valence-electron chi connectivity index (χ1n) is 8.44. The number of hydrogen-bond donors (Lipinski definition) is 1. The molecule has 0 radical (unpaired) electrons. The minimum atomic E-state index is -3.09. The highest BCUT2D eigenvalue weighted by molar-refractivity contribution is 7.91. The smallest absolute Gasteiger partial charge is 0.246 e. The molecule has 6 nitrogen and oxygen atoms in total. The number of para-hydroxylation sites is 3. The molecule has 0 unspecified atom stereocenters. The van der Waals surface area contributed by atoms with Crippen LogP contribution in [0.2, 0.25) is 0 Å². The minimum absolute atomic E-state index is 0.00227. The lowest BCUT2D eigenvalue weighted by Crippen LogP contribution is -2.44. The largest absolute Gasteiger partial charge is 0.495 e. The van der Waals surface area contributed by atoms with Gasteiger partial charge in [-0.25, -0.2) is 8.42 Å². The fourth-order valence-electron chi connectivity index (χ4n) is 3.17. The van der Waals surface area contributed by atoms with Crippen molar-refractivity contribution in [2.24, 2.45) is 0 Å². The molecule has 0 saturated carbocycles. The number of amides is 1. The van der Waals surface area contributed by atoms with Gasteiger partial charge in [0.1, 0.15) is 5.75 Å². The molecule has 1 N–H and O–H groups in total. The number of nitrogens with one attached hydrogen (secondary N) is 1. The number of carbonyl (C=O) groups excluding carboxylic acids is 1. The highest BCUT2D eigenvalue weighted by atomic mass is 32.2. The first-order chi connectivity index (χ1) is 12.5. The number of sulfone groups is 1. The zero-order valence-electron chi connectivity index (χ0n) is 14.6. The Morgan fingerprint density at radius 2 is 1.85 bits per heavy atom. The zero-order valence-corrected chi connectivity index (χ0v) is 15.4. The van der Waals surface area contributed by atoms with E-state index in [9.17, 15) is 13.2 Å². The SMILES string of the molecule is COc1ccccc1NCC(=O)N(c1ccccc1)[C@H]1CCS(=O)(=O)C1. The molecule has 2 aromatic carbocycles. The van der Waals surface area contributed by atoms with Gasteiger partial charge in [0.15, 0.2) is 9.84 Å². The van der Waals surface area contributed by atoms with Gasteiger partial charge in [0.25, 0.3) is 0 Å². The summed E-state index contributed by atoms with van der Waals surface area (Å²) in [5.41, 5.74) is 1.43. The van der Waals surface area contributed by atoms with E-state index in [1.54, 1.807) is 12.0 Å². The summed E-state index contributed by atoms with van der Waals surface area (Å²) >= 11 is 0. The summed E-state index contributed by atoms with van der Waals surface area (Å²) in [5.74, 6) is 0.593. The van der Waals surface area contributed by atoms with Crippen LogP contribution in [-0.2, 0) is 14.6 Å². The molecule has 1 atom stereocenters. The molecule has 1 saturated heterocycles. The van der Waals surface area contributed by atoms with Crippen LogP contribution in [0, 0.1) is 0 Å². The second kappa shape index (κ2) is 7.78. The number of nitrogens with zero attached hydrogens (tertiary/aromatic N) is 1. The van der Waals surface area contributed by atoms with E-state index in [1.165, 1.54) is 0 Å². The number of hydrogen-bond acceptors (Lipinski definition) is 5. The van der Waals surface area contributed by atoms with E-state index >= 15 is 0 Å². The van der Waals surface area contributed by atoms with Gasteiger partial charge in [0.05, 0.1) is 36.9 Å². The minimum Gasteiger partial charge on any atom is -0.495 e. The average molecular weight is 374 g/mol. The Morgan fingerprint density at radius 3 is 2.50 bits per heavy atom. The van der Waals surface area contributed by atoms with Crippen molar-refractivity contribution in [3.63, 3.8) is 0 Å². The van der Waals surface area contributed by atoms with Crippen LogP contribution < -0.4 is 15.0 Å². The second-order valence-corrected chi connectivity index (χ2v) is 8.44. The summed E-state index contributed by atoms with van der Waals surface area (Å²) in [6.07, 6.45) is 0.456. The third-order valence-electron chi connectivity index (χ3n) is 4.41. The molecule has 0 aromatic heterocycles. The topological polar surface area (TPSA) is 75.7 Å². The molecule has 26 heavy (non-hydrogen) atoms. The molecule has 138 valence electrons. The van der Waals surface area contributed by atoms with Crippen molar-refractivity contribution in [3.05, 3.63) is 54.6 Å². The van der Waals surface area contributed by atoms with Crippen molar-refractivity contribution in [1.29, 1.82) is 0 Å². The van der Waals surface area contributed by atoms with Crippen molar-refractivity contribution in [2.75, 3.05) is 35.4 Å². The number of anilines is 2. The lowest BCUT2D eigenvalue weighted by Gasteiger charge is -2.28. The van der Waals surface area contributed by atoms with Crippen molar-refractivity contribution in [3.8, 4) is 5.75 Å². The van der Waals surface area contributed by atoms with Crippen molar-refractivity contribution >= 4 is 27.1 Å². The molecular formula is C19H22N2O4S. The Hall–Kier alpha value is -2.54. The van der Waals surface area contributed by atoms with Gasteiger partial charge in [-0.3, -0.25) is 4.79 Å². The number of carbonyl (C=O) groups is 1. The predicted molar refractivity (Wildman–Crippen MR) is 102 cm³/mol. The number of rotatable bonds is 6. The van der Waals surface area contributed by atoms with Crippen LogP contribution in [0.5, 0.6) is 5.75 Å².